The van der Waals surface area contributed by atoms with Crippen LogP contribution < -0.4 is 28.1 Å². The Kier molecular flexibility index (Phi) is 8.40. The maximum absolute atomic E-state index is 5.83. The van der Waals surface area contributed by atoms with Gasteiger partial charge in [-0.2, -0.15) is 0 Å². The number of benzene rings is 2. The van der Waals surface area contributed by atoms with Crippen molar-refractivity contribution in [2.45, 2.75) is 27.7 Å². The third kappa shape index (κ3) is 5.36. The van der Waals surface area contributed by atoms with Crippen molar-refractivity contribution in [1.29, 1.82) is 0 Å². The molecule has 0 bridgehead atoms. The molecule has 2 heterocycles. The molecule has 0 aliphatic carbocycles. The number of rotatable bonds is 11. The first kappa shape index (κ1) is 24.5. The second-order valence-electron chi connectivity index (χ2n) is 6.89. The Morgan fingerprint density at radius 1 is 0.529 bits per heavy atom. The quantitative estimate of drug-likeness (QED) is 0.246. The second-order valence-corrected chi connectivity index (χ2v) is 12.8. The van der Waals surface area contributed by atoms with Crippen molar-refractivity contribution in [2.75, 3.05) is 26.4 Å². The van der Waals surface area contributed by atoms with E-state index in [2.05, 4.69) is 19.9 Å². The van der Waals surface area contributed by atoms with E-state index in [9.17, 15) is 0 Å². The topological polar surface area (TPSA) is 88.5 Å². The van der Waals surface area contributed by atoms with Crippen LogP contribution in [-0.4, -0.2) is 72.6 Å². The molecule has 0 N–H and O–H groups in total. The predicted molar refractivity (Wildman–Crippen MR) is 135 cm³/mol. The van der Waals surface area contributed by atoms with Crippen molar-refractivity contribution in [3.05, 3.63) is 36.9 Å². The first-order chi connectivity index (χ1) is 16.7. The van der Waals surface area contributed by atoms with Gasteiger partial charge in [0.05, 0.1) is 0 Å². The Morgan fingerprint density at radius 2 is 0.882 bits per heavy atom. The van der Waals surface area contributed by atoms with E-state index in [1.165, 1.54) is 0 Å². The van der Waals surface area contributed by atoms with Gasteiger partial charge in [-0.3, -0.25) is 0 Å². The van der Waals surface area contributed by atoms with E-state index in [1.54, 1.807) is 12.7 Å². The fourth-order valence-corrected chi connectivity index (χ4v) is 9.75. The maximum atomic E-state index is 5.83. The molecule has 0 atom stereocenters. The Morgan fingerprint density at radius 3 is 1.24 bits per heavy atom. The fraction of sp³-hybridized carbons (Fsp3) is 0.333. The molecule has 4 rings (SSSR count). The van der Waals surface area contributed by atoms with Crippen LogP contribution in [0.25, 0.3) is 21.8 Å². The van der Waals surface area contributed by atoms with Crippen molar-refractivity contribution in [2.24, 2.45) is 0 Å². The van der Waals surface area contributed by atoms with E-state index in [0.717, 1.165) is 31.0 Å². The first-order valence-electron chi connectivity index (χ1n) is 11.1. The number of fused-ring (bicyclic) bond motifs is 2. The van der Waals surface area contributed by atoms with Gasteiger partial charge in [-0.05, 0) is 0 Å². The minimum absolute atomic E-state index is 0.0659. The Bertz CT molecular complexity index is 1190. The van der Waals surface area contributed by atoms with E-state index in [1.807, 2.05) is 52.0 Å². The Hall–Kier alpha value is -2.64. The van der Waals surface area contributed by atoms with Crippen LogP contribution >= 0.6 is 0 Å². The summed E-state index contributed by atoms with van der Waals surface area (Å²) >= 11 is 0.132. The zero-order valence-corrected chi connectivity index (χ0v) is 23.0. The molecule has 0 spiro atoms. The van der Waals surface area contributed by atoms with Crippen LogP contribution in [0.1, 0.15) is 27.7 Å². The van der Waals surface area contributed by atoms with Gasteiger partial charge in [-0.15, -0.1) is 0 Å². The average Bonchev–Trinajstić information content (AvgIpc) is 2.84. The third-order valence-electron chi connectivity index (χ3n) is 4.73. The second kappa shape index (κ2) is 11.7. The summed E-state index contributed by atoms with van der Waals surface area (Å²) in [6.07, 6.45) is 3.23. The van der Waals surface area contributed by atoms with Gasteiger partial charge >= 0.3 is 210 Å². The molecule has 0 saturated heterocycles. The van der Waals surface area contributed by atoms with Crippen LogP contribution in [0.4, 0.5) is 0 Å². The zero-order valence-electron chi connectivity index (χ0n) is 19.5. The molecule has 0 amide bonds. The normalized spacial score (nSPS) is 11.1. The van der Waals surface area contributed by atoms with Gasteiger partial charge in [0.2, 0.25) is 0 Å². The number of nitrogens with zero attached hydrogens (tertiary/aromatic N) is 4. The molecule has 0 aliphatic heterocycles. The SMILES string of the molecule is CCOc1cc2ncnc([Se][Se]c3ncnc4cc(OCC)c(OCC)cc34)c2cc1OCC. The molecule has 2 aromatic carbocycles. The van der Waals surface area contributed by atoms with E-state index in [4.69, 9.17) is 18.9 Å². The zero-order chi connectivity index (χ0) is 23.9. The van der Waals surface area contributed by atoms with Crippen LogP contribution in [0.5, 0.6) is 23.0 Å². The Labute approximate surface area is 209 Å². The summed E-state index contributed by atoms with van der Waals surface area (Å²) in [6, 6.07) is 7.86. The average molecular weight is 592 g/mol. The molecule has 2 aromatic heterocycles. The van der Waals surface area contributed by atoms with E-state index in [-0.39, 0.29) is 26.3 Å². The van der Waals surface area contributed by atoms with Crippen LogP contribution in [0.3, 0.4) is 0 Å². The van der Waals surface area contributed by atoms with Gasteiger partial charge in [0.25, 0.3) is 0 Å². The molecule has 0 radical (unpaired) electrons. The fourth-order valence-electron chi connectivity index (χ4n) is 3.37. The summed E-state index contributed by atoms with van der Waals surface area (Å²) in [7, 11) is 0. The summed E-state index contributed by atoms with van der Waals surface area (Å²) < 4.78 is 25.2. The van der Waals surface area contributed by atoms with Gasteiger partial charge < -0.3 is 0 Å². The number of aromatic nitrogens is 4. The number of hydrogen-bond acceptors (Lipinski definition) is 8. The number of ether oxygens (including phenoxy) is 4. The molecule has 8 nitrogen and oxygen atoms in total. The van der Waals surface area contributed by atoms with Crippen molar-refractivity contribution in [1.82, 2.24) is 19.9 Å². The number of hydrogen-bond donors (Lipinski definition) is 0. The van der Waals surface area contributed by atoms with Crippen molar-refractivity contribution in [3.8, 4) is 23.0 Å². The summed E-state index contributed by atoms with van der Waals surface area (Å²) in [5.74, 6) is 2.84. The minimum atomic E-state index is 0.0659. The molecule has 4 aromatic rings. The molecule has 0 aliphatic rings. The molecule has 0 saturated carbocycles. The predicted octanol–water partition coefficient (Wildman–Crippen LogP) is 2.44. The summed E-state index contributed by atoms with van der Waals surface area (Å²) in [4.78, 5) is 18.2. The molecule has 34 heavy (non-hydrogen) atoms. The standard InChI is InChI=1S/C24H26N4O4Se2/c1-5-29-19-9-15-17(11-21(19)31-7-3)25-13-27-23(15)33-34-24-16-10-20(30-6-2)22(32-8-4)12-18(16)26-14-28-24/h9-14H,5-8H2,1-4H3. The molecule has 0 unspecified atom stereocenters. The molecule has 0 fully saturated rings. The summed E-state index contributed by atoms with van der Waals surface area (Å²) in [6.45, 7) is 10.1. The summed E-state index contributed by atoms with van der Waals surface area (Å²) in [5.41, 5.74) is 1.70. The van der Waals surface area contributed by atoms with E-state index < -0.39 is 0 Å². The summed E-state index contributed by atoms with van der Waals surface area (Å²) in [5, 5.41) is 1.98. The van der Waals surface area contributed by atoms with Gasteiger partial charge in [0.1, 0.15) is 0 Å². The van der Waals surface area contributed by atoms with Gasteiger partial charge in [0, 0.05) is 0 Å². The third-order valence-corrected chi connectivity index (χ3v) is 11.3. The van der Waals surface area contributed by atoms with Crippen molar-refractivity contribution < 1.29 is 18.9 Å². The van der Waals surface area contributed by atoms with Crippen molar-refractivity contribution >= 4 is 57.3 Å². The first-order valence-corrected chi connectivity index (χ1v) is 17.2. The molecule has 178 valence electrons. The van der Waals surface area contributed by atoms with Crippen LogP contribution in [0, 0.1) is 0 Å². The van der Waals surface area contributed by atoms with E-state index >= 15 is 0 Å². The molecular formula is C24H26N4O4Se2. The molecule has 10 heteroatoms. The molecular weight excluding hydrogens is 566 g/mol. The van der Waals surface area contributed by atoms with E-state index in [0.29, 0.717) is 49.4 Å². The van der Waals surface area contributed by atoms with Crippen LogP contribution in [-0.2, 0) is 0 Å². The van der Waals surface area contributed by atoms with Gasteiger partial charge in [-0.25, -0.2) is 0 Å². The monoisotopic (exact) mass is 594 g/mol. The van der Waals surface area contributed by atoms with Gasteiger partial charge in [-0.1, -0.05) is 0 Å². The van der Waals surface area contributed by atoms with Crippen molar-refractivity contribution in [3.63, 3.8) is 0 Å². The Balaban J connectivity index is 1.69. The van der Waals surface area contributed by atoms with Crippen LogP contribution in [0.2, 0.25) is 0 Å². The van der Waals surface area contributed by atoms with Gasteiger partial charge in [0.15, 0.2) is 0 Å². The van der Waals surface area contributed by atoms with Crippen LogP contribution in [0.15, 0.2) is 36.9 Å².